The Bertz CT molecular complexity index is 1430. The fourth-order valence-electron chi connectivity index (χ4n) is 4.66. The van der Waals surface area contributed by atoms with Gasteiger partial charge in [-0.2, -0.15) is 10.1 Å². The van der Waals surface area contributed by atoms with Gasteiger partial charge >= 0.3 is 0 Å². The molecule has 8 heteroatoms. The molecule has 6 rings (SSSR count). The van der Waals surface area contributed by atoms with Crippen LogP contribution < -0.4 is 15.0 Å². The summed E-state index contributed by atoms with van der Waals surface area (Å²) in [6.45, 7) is 0. The summed E-state index contributed by atoms with van der Waals surface area (Å²) >= 11 is 13.0. The molecule has 3 heterocycles. The van der Waals surface area contributed by atoms with E-state index in [4.69, 9.17) is 27.9 Å². The van der Waals surface area contributed by atoms with Crippen molar-refractivity contribution < 1.29 is 4.74 Å². The molecule has 1 aromatic heterocycles. The number of benzene rings is 3. The molecule has 0 unspecified atom stereocenters. The lowest BCUT2D eigenvalue weighted by molar-refractivity contribution is 0.223. The first-order chi connectivity index (χ1) is 16.5. The third-order valence-electron chi connectivity index (χ3n) is 6.29. The van der Waals surface area contributed by atoms with Crippen LogP contribution in [0.2, 0.25) is 10.0 Å². The van der Waals surface area contributed by atoms with E-state index in [1.807, 2.05) is 49.1 Å². The number of rotatable bonds is 3. The zero-order valence-corrected chi connectivity index (χ0v) is 20.0. The second-order valence-corrected chi connectivity index (χ2v) is 9.38. The van der Waals surface area contributed by atoms with Crippen molar-refractivity contribution in [2.24, 2.45) is 0 Å². The Kier molecular flexibility index (Phi) is 5.01. The Labute approximate surface area is 207 Å². The number of aromatic nitrogens is 3. The van der Waals surface area contributed by atoms with E-state index in [2.05, 4.69) is 50.6 Å². The van der Waals surface area contributed by atoms with Crippen molar-refractivity contribution in [2.75, 3.05) is 24.3 Å². The van der Waals surface area contributed by atoms with E-state index < -0.39 is 0 Å². The second-order valence-electron chi connectivity index (χ2n) is 8.53. The van der Waals surface area contributed by atoms with E-state index >= 15 is 0 Å². The number of fused-ring (bicyclic) bond motifs is 3. The number of para-hydroxylation sites is 1. The SMILES string of the molecule is CN(C)c1ccc([C@@H]2Oc3ccccc3C3=C2[C@@H](c2ccc(Cl)cc2Cl)n2ncnc2N3)cc1. The molecule has 0 fully saturated rings. The van der Waals surface area contributed by atoms with Crippen LogP contribution in [0, 0.1) is 0 Å². The number of nitrogens with zero attached hydrogens (tertiary/aromatic N) is 4. The molecular weight excluding hydrogens is 469 g/mol. The first-order valence-corrected chi connectivity index (χ1v) is 11.7. The molecule has 3 aromatic carbocycles. The van der Waals surface area contributed by atoms with Gasteiger partial charge in [0.2, 0.25) is 5.95 Å². The van der Waals surface area contributed by atoms with Crippen LogP contribution in [0.1, 0.15) is 28.8 Å². The summed E-state index contributed by atoms with van der Waals surface area (Å²) in [5.41, 5.74) is 5.98. The number of ether oxygens (including phenoxy) is 1. The molecule has 6 nitrogen and oxygen atoms in total. The molecule has 34 heavy (non-hydrogen) atoms. The summed E-state index contributed by atoms with van der Waals surface area (Å²) in [5, 5.41) is 9.20. The van der Waals surface area contributed by atoms with Crippen LogP contribution in [-0.2, 0) is 0 Å². The molecule has 1 N–H and O–H groups in total. The van der Waals surface area contributed by atoms with Crippen molar-refractivity contribution >= 4 is 40.5 Å². The molecule has 0 radical (unpaired) electrons. The molecule has 0 aliphatic carbocycles. The van der Waals surface area contributed by atoms with E-state index in [0.29, 0.717) is 16.0 Å². The largest absolute Gasteiger partial charge is 0.480 e. The third kappa shape index (κ3) is 3.33. The fraction of sp³-hybridized carbons (Fsp3) is 0.154. The predicted octanol–water partition coefficient (Wildman–Crippen LogP) is 6.21. The lowest BCUT2D eigenvalue weighted by atomic mass is 9.84. The van der Waals surface area contributed by atoms with Gasteiger partial charge in [-0.1, -0.05) is 53.5 Å². The van der Waals surface area contributed by atoms with Gasteiger partial charge in [-0.15, -0.1) is 0 Å². The third-order valence-corrected chi connectivity index (χ3v) is 6.85. The van der Waals surface area contributed by atoms with Crippen molar-refractivity contribution in [3.05, 3.63) is 105 Å². The van der Waals surface area contributed by atoms with E-state index in [9.17, 15) is 0 Å². The van der Waals surface area contributed by atoms with Gasteiger partial charge in [0, 0.05) is 41.0 Å². The van der Waals surface area contributed by atoms with Crippen molar-refractivity contribution in [1.29, 1.82) is 0 Å². The molecule has 0 bridgehead atoms. The molecule has 2 aliphatic rings. The number of hydrogen-bond acceptors (Lipinski definition) is 5. The van der Waals surface area contributed by atoms with Gasteiger partial charge in [0.05, 0.1) is 5.70 Å². The second kappa shape index (κ2) is 8.08. The minimum atomic E-state index is -0.359. The molecule has 0 amide bonds. The normalized spacial score (nSPS) is 18.4. The number of anilines is 2. The fourth-order valence-corrected chi connectivity index (χ4v) is 5.17. The van der Waals surface area contributed by atoms with Crippen LogP contribution in [0.5, 0.6) is 5.75 Å². The number of halogens is 2. The standard InChI is InChI=1S/C26H21Cl2N5O/c1-32(2)17-10-7-15(8-11-17)25-22-23(19-5-3-4-6-21(19)34-25)31-26-29-14-30-33(26)24(22)18-12-9-16(27)13-20(18)28/h3-14,24-25H,1-2H3,(H,29,30,31)/t24-,25+/m1/s1. The van der Waals surface area contributed by atoms with Crippen molar-refractivity contribution in [1.82, 2.24) is 14.8 Å². The Morgan fingerprint density at radius 1 is 1.00 bits per heavy atom. The van der Waals surface area contributed by atoms with Crippen LogP contribution in [0.3, 0.4) is 0 Å². The van der Waals surface area contributed by atoms with Crippen LogP contribution in [0.15, 0.2) is 78.6 Å². The maximum absolute atomic E-state index is 6.74. The minimum Gasteiger partial charge on any atom is -0.480 e. The van der Waals surface area contributed by atoms with Gasteiger partial charge in [-0.3, -0.25) is 0 Å². The quantitative estimate of drug-likeness (QED) is 0.370. The molecule has 2 aliphatic heterocycles. The first-order valence-electron chi connectivity index (χ1n) is 10.9. The maximum Gasteiger partial charge on any atom is 0.226 e. The average Bonchev–Trinajstić information content (AvgIpc) is 3.31. The molecule has 0 saturated heterocycles. The Hall–Kier alpha value is -3.48. The van der Waals surface area contributed by atoms with Gasteiger partial charge in [-0.25, -0.2) is 4.68 Å². The van der Waals surface area contributed by atoms with Crippen LogP contribution in [0.4, 0.5) is 11.6 Å². The van der Waals surface area contributed by atoms with E-state index in [1.165, 1.54) is 0 Å². The van der Waals surface area contributed by atoms with Crippen LogP contribution in [0.25, 0.3) is 5.70 Å². The van der Waals surface area contributed by atoms with Gasteiger partial charge in [0.25, 0.3) is 0 Å². The van der Waals surface area contributed by atoms with E-state index in [1.54, 1.807) is 12.4 Å². The molecule has 0 spiro atoms. The lowest BCUT2D eigenvalue weighted by Crippen LogP contribution is -2.32. The zero-order chi connectivity index (χ0) is 23.4. The monoisotopic (exact) mass is 489 g/mol. The van der Waals surface area contributed by atoms with Crippen molar-refractivity contribution in [3.63, 3.8) is 0 Å². The minimum absolute atomic E-state index is 0.328. The highest BCUT2D eigenvalue weighted by Crippen LogP contribution is 2.51. The Morgan fingerprint density at radius 3 is 2.56 bits per heavy atom. The highest BCUT2D eigenvalue weighted by Gasteiger charge is 2.41. The van der Waals surface area contributed by atoms with E-state index in [-0.39, 0.29) is 12.1 Å². The molecular formula is C26H21Cl2N5O. The average molecular weight is 490 g/mol. The number of hydrogen-bond donors (Lipinski definition) is 1. The Balaban J connectivity index is 1.60. The summed E-state index contributed by atoms with van der Waals surface area (Å²) in [6, 6.07) is 21.7. The van der Waals surface area contributed by atoms with Gasteiger partial charge < -0.3 is 15.0 Å². The topological polar surface area (TPSA) is 55.2 Å². The smallest absolute Gasteiger partial charge is 0.226 e. The van der Waals surface area contributed by atoms with E-state index in [0.717, 1.165) is 39.4 Å². The zero-order valence-electron chi connectivity index (χ0n) is 18.5. The molecule has 170 valence electrons. The van der Waals surface area contributed by atoms with Crippen molar-refractivity contribution in [3.8, 4) is 5.75 Å². The van der Waals surface area contributed by atoms with Crippen LogP contribution >= 0.6 is 23.2 Å². The highest BCUT2D eigenvalue weighted by molar-refractivity contribution is 6.35. The predicted molar refractivity (Wildman–Crippen MR) is 136 cm³/mol. The summed E-state index contributed by atoms with van der Waals surface area (Å²) < 4.78 is 8.51. The summed E-state index contributed by atoms with van der Waals surface area (Å²) in [7, 11) is 4.05. The lowest BCUT2D eigenvalue weighted by Gasteiger charge is -2.39. The number of nitrogens with one attached hydrogen (secondary N) is 1. The van der Waals surface area contributed by atoms with Gasteiger partial charge in [0.1, 0.15) is 24.2 Å². The maximum atomic E-state index is 6.74. The summed E-state index contributed by atoms with van der Waals surface area (Å²) in [5.74, 6) is 1.46. The molecule has 0 saturated carbocycles. The summed E-state index contributed by atoms with van der Waals surface area (Å²) in [6.07, 6.45) is 1.19. The first kappa shape index (κ1) is 21.1. The molecule has 4 aromatic rings. The van der Waals surface area contributed by atoms with Gasteiger partial charge in [0.15, 0.2) is 0 Å². The molecule has 2 atom stereocenters. The van der Waals surface area contributed by atoms with Crippen molar-refractivity contribution in [2.45, 2.75) is 12.1 Å². The van der Waals surface area contributed by atoms with Crippen LogP contribution in [-0.4, -0.2) is 28.9 Å². The Morgan fingerprint density at radius 2 is 1.79 bits per heavy atom. The highest BCUT2D eigenvalue weighted by atomic mass is 35.5. The summed E-state index contributed by atoms with van der Waals surface area (Å²) in [4.78, 5) is 6.54. The van der Waals surface area contributed by atoms with Gasteiger partial charge in [-0.05, 0) is 47.5 Å².